The van der Waals surface area contributed by atoms with E-state index in [1.54, 1.807) is 0 Å². The molecule has 3 heteroatoms. The third kappa shape index (κ3) is 2.86. The topological polar surface area (TPSA) is 29.9 Å². The van der Waals surface area contributed by atoms with Crippen molar-refractivity contribution in [1.82, 2.24) is 15.1 Å². The van der Waals surface area contributed by atoms with Crippen molar-refractivity contribution in [3.05, 3.63) is 17.0 Å². The van der Waals surface area contributed by atoms with Crippen molar-refractivity contribution in [3.8, 4) is 11.8 Å². The van der Waals surface area contributed by atoms with E-state index in [9.17, 15) is 0 Å². The van der Waals surface area contributed by atoms with Gasteiger partial charge in [0.15, 0.2) is 0 Å². The van der Waals surface area contributed by atoms with Gasteiger partial charge in [-0.2, -0.15) is 5.10 Å². The minimum absolute atomic E-state index is 0.340. The third-order valence-corrected chi connectivity index (χ3v) is 2.88. The molecule has 0 aromatic carbocycles. The van der Waals surface area contributed by atoms with Crippen molar-refractivity contribution in [1.29, 1.82) is 0 Å². The molecular weight excluding hydrogens is 198 g/mol. The summed E-state index contributed by atoms with van der Waals surface area (Å²) in [6, 6.07) is 0.340. The molecule has 1 unspecified atom stereocenters. The molecule has 16 heavy (non-hydrogen) atoms. The van der Waals surface area contributed by atoms with Crippen molar-refractivity contribution < 1.29 is 0 Å². The molecule has 1 atom stereocenters. The maximum absolute atomic E-state index is 4.42. The smallest absolute Gasteiger partial charge is 0.0644 e. The quantitative estimate of drug-likeness (QED) is 0.621. The zero-order valence-corrected chi connectivity index (χ0v) is 10.9. The van der Waals surface area contributed by atoms with Crippen LogP contribution in [0.2, 0.25) is 0 Å². The van der Waals surface area contributed by atoms with Crippen LogP contribution in [0.15, 0.2) is 0 Å². The molecule has 0 amide bonds. The Hall–Kier alpha value is -1.27. The first kappa shape index (κ1) is 12.8. The zero-order valence-electron chi connectivity index (χ0n) is 10.9. The SMILES string of the molecule is CC#CCCNC(C)c1c(C)nn(C)c1C. The van der Waals surface area contributed by atoms with Crippen molar-refractivity contribution in [2.24, 2.45) is 7.05 Å². The highest BCUT2D eigenvalue weighted by Crippen LogP contribution is 2.20. The van der Waals surface area contributed by atoms with Gasteiger partial charge >= 0.3 is 0 Å². The second-order valence-electron chi connectivity index (χ2n) is 4.06. The monoisotopic (exact) mass is 219 g/mol. The minimum Gasteiger partial charge on any atom is -0.309 e. The molecule has 1 aromatic rings. The Labute approximate surface area is 98.2 Å². The van der Waals surface area contributed by atoms with Gasteiger partial charge in [0.2, 0.25) is 0 Å². The number of rotatable bonds is 4. The Morgan fingerprint density at radius 2 is 2.12 bits per heavy atom. The van der Waals surface area contributed by atoms with Gasteiger partial charge in [-0.05, 0) is 27.7 Å². The summed E-state index contributed by atoms with van der Waals surface area (Å²) < 4.78 is 1.94. The van der Waals surface area contributed by atoms with Crippen LogP contribution in [-0.4, -0.2) is 16.3 Å². The Morgan fingerprint density at radius 3 is 2.62 bits per heavy atom. The van der Waals surface area contributed by atoms with Gasteiger partial charge in [-0.1, -0.05) is 0 Å². The van der Waals surface area contributed by atoms with Crippen LogP contribution in [-0.2, 0) is 7.05 Å². The van der Waals surface area contributed by atoms with Crippen LogP contribution in [0.3, 0.4) is 0 Å². The van der Waals surface area contributed by atoms with Crippen LogP contribution >= 0.6 is 0 Å². The number of nitrogens with zero attached hydrogens (tertiary/aromatic N) is 2. The maximum atomic E-state index is 4.42. The number of nitrogens with one attached hydrogen (secondary N) is 1. The number of aromatic nitrogens is 2. The molecule has 0 saturated carbocycles. The van der Waals surface area contributed by atoms with Crippen molar-refractivity contribution in [3.63, 3.8) is 0 Å². The van der Waals surface area contributed by atoms with E-state index in [0.29, 0.717) is 6.04 Å². The van der Waals surface area contributed by atoms with E-state index in [1.165, 1.54) is 11.3 Å². The summed E-state index contributed by atoms with van der Waals surface area (Å²) in [5, 5.41) is 7.90. The average molecular weight is 219 g/mol. The molecule has 1 heterocycles. The van der Waals surface area contributed by atoms with E-state index < -0.39 is 0 Å². The van der Waals surface area contributed by atoms with Crippen LogP contribution in [0, 0.1) is 25.7 Å². The summed E-state index contributed by atoms with van der Waals surface area (Å²) >= 11 is 0. The van der Waals surface area contributed by atoms with E-state index in [4.69, 9.17) is 0 Å². The van der Waals surface area contributed by atoms with Crippen LogP contribution in [0.25, 0.3) is 0 Å². The van der Waals surface area contributed by atoms with Gasteiger partial charge in [-0.3, -0.25) is 4.68 Å². The van der Waals surface area contributed by atoms with E-state index >= 15 is 0 Å². The molecule has 0 spiro atoms. The molecule has 0 aliphatic rings. The molecule has 0 aliphatic carbocycles. The second-order valence-corrected chi connectivity index (χ2v) is 4.06. The normalized spacial score (nSPS) is 12.1. The average Bonchev–Trinajstić information content (AvgIpc) is 2.48. The molecule has 1 rings (SSSR count). The molecule has 0 saturated heterocycles. The van der Waals surface area contributed by atoms with Crippen LogP contribution in [0.4, 0.5) is 0 Å². The maximum Gasteiger partial charge on any atom is 0.0644 e. The molecule has 1 N–H and O–H groups in total. The first-order valence-electron chi connectivity index (χ1n) is 5.71. The van der Waals surface area contributed by atoms with Crippen LogP contribution in [0.1, 0.15) is 43.3 Å². The van der Waals surface area contributed by atoms with Gasteiger partial charge in [0.1, 0.15) is 0 Å². The summed E-state index contributed by atoms with van der Waals surface area (Å²) in [7, 11) is 1.99. The highest BCUT2D eigenvalue weighted by molar-refractivity contribution is 5.27. The number of hydrogen-bond acceptors (Lipinski definition) is 2. The van der Waals surface area contributed by atoms with Crippen LogP contribution < -0.4 is 5.32 Å². The molecule has 88 valence electrons. The molecule has 0 radical (unpaired) electrons. The van der Waals surface area contributed by atoms with Crippen molar-refractivity contribution in [2.75, 3.05) is 6.54 Å². The minimum atomic E-state index is 0.340. The fourth-order valence-electron chi connectivity index (χ4n) is 1.99. The second kappa shape index (κ2) is 5.72. The van der Waals surface area contributed by atoms with E-state index in [-0.39, 0.29) is 0 Å². The summed E-state index contributed by atoms with van der Waals surface area (Å²) in [5.74, 6) is 5.96. The molecule has 1 aromatic heterocycles. The van der Waals surface area contributed by atoms with E-state index in [1.807, 2.05) is 18.7 Å². The Kier molecular flexibility index (Phi) is 4.57. The lowest BCUT2D eigenvalue weighted by Gasteiger charge is -2.13. The van der Waals surface area contributed by atoms with Gasteiger partial charge in [0.05, 0.1) is 5.69 Å². The highest BCUT2D eigenvalue weighted by Gasteiger charge is 2.14. The standard InChI is InChI=1S/C13H21N3/c1-6-7-8-9-14-10(2)13-11(3)15-16(5)12(13)4/h10,14H,8-9H2,1-5H3. The van der Waals surface area contributed by atoms with Crippen molar-refractivity contribution >= 4 is 0 Å². The number of aryl methyl sites for hydroxylation is 2. The Morgan fingerprint density at radius 1 is 1.44 bits per heavy atom. The first-order valence-corrected chi connectivity index (χ1v) is 5.71. The van der Waals surface area contributed by atoms with Crippen LogP contribution in [0.5, 0.6) is 0 Å². The van der Waals surface area contributed by atoms with Gasteiger partial charge < -0.3 is 5.32 Å². The molecule has 0 bridgehead atoms. The lowest BCUT2D eigenvalue weighted by molar-refractivity contribution is 0.578. The summed E-state index contributed by atoms with van der Waals surface area (Å²) in [6.45, 7) is 9.15. The fraction of sp³-hybridized carbons (Fsp3) is 0.615. The zero-order chi connectivity index (χ0) is 12.1. The van der Waals surface area contributed by atoms with Gasteiger partial charge in [0.25, 0.3) is 0 Å². The van der Waals surface area contributed by atoms with Gasteiger partial charge in [0, 0.05) is 37.3 Å². The van der Waals surface area contributed by atoms with E-state index in [2.05, 4.69) is 43.0 Å². The lowest BCUT2D eigenvalue weighted by atomic mass is 10.1. The largest absolute Gasteiger partial charge is 0.309 e. The van der Waals surface area contributed by atoms with Gasteiger partial charge in [-0.25, -0.2) is 0 Å². The predicted molar refractivity (Wildman–Crippen MR) is 67.2 cm³/mol. The third-order valence-electron chi connectivity index (χ3n) is 2.88. The number of hydrogen-bond donors (Lipinski definition) is 1. The molecule has 3 nitrogen and oxygen atoms in total. The highest BCUT2D eigenvalue weighted by atomic mass is 15.3. The predicted octanol–water partition coefficient (Wildman–Crippen LogP) is 2.10. The van der Waals surface area contributed by atoms with E-state index in [0.717, 1.165) is 18.7 Å². The Bertz CT molecular complexity index is 407. The summed E-state index contributed by atoms with van der Waals surface area (Å²) in [5.41, 5.74) is 3.66. The Balaban J connectivity index is 2.64. The summed E-state index contributed by atoms with van der Waals surface area (Å²) in [6.07, 6.45) is 0.902. The molecule has 0 aliphatic heterocycles. The van der Waals surface area contributed by atoms with Gasteiger partial charge in [-0.15, -0.1) is 11.8 Å². The molecule has 0 fully saturated rings. The fourth-order valence-corrected chi connectivity index (χ4v) is 1.99. The first-order chi connectivity index (χ1) is 7.57. The lowest BCUT2D eigenvalue weighted by Crippen LogP contribution is -2.20. The van der Waals surface area contributed by atoms with Crippen molar-refractivity contribution in [2.45, 2.75) is 40.2 Å². The summed E-state index contributed by atoms with van der Waals surface area (Å²) in [4.78, 5) is 0. The molecular formula is C13H21N3.